The van der Waals surface area contributed by atoms with Crippen LogP contribution in [0.1, 0.15) is 32.6 Å². The molecule has 2 aliphatic rings. The van der Waals surface area contributed by atoms with Crippen LogP contribution in [0.25, 0.3) is 5.57 Å². The summed E-state index contributed by atoms with van der Waals surface area (Å²) >= 11 is 0. The third-order valence-corrected chi connectivity index (χ3v) is 5.63. The molecule has 0 fully saturated rings. The van der Waals surface area contributed by atoms with Crippen LogP contribution in [-0.4, -0.2) is 12.3 Å². The highest BCUT2D eigenvalue weighted by molar-refractivity contribution is 6.25. The number of rotatable bonds is 3. The summed E-state index contributed by atoms with van der Waals surface area (Å²) in [7, 11) is 0. The molecule has 0 aromatic heterocycles. The number of ketones is 1. The number of carbonyl (C=O) groups is 1. The molecule has 3 aromatic carbocycles. The first kappa shape index (κ1) is 16.5. The zero-order valence-corrected chi connectivity index (χ0v) is 15.4. The van der Waals surface area contributed by atoms with E-state index in [1.54, 1.807) is 6.07 Å². The predicted octanol–water partition coefficient (Wildman–Crippen LogP) is 4.77. The van der Waals surface area contributed by atoms with Gasteiger partial charge in [0.2, 0.25) is 5.78 Å². The van der Waals surface area contributed by atoms with Gasteiger partial charge in [-0.2, -0.15) is 5.26 Å². The van der Waals surface area contributed by atoms with Gasteiger partial charge in [-0.15, -0.1) is 0 Å². The van der Waals surface area contributed by atoms with Crippen LogP contribution in [0.5, 0.6) is 0 Å². The fraction of sp³-hybridized carbons (Fsp3) is 0.120. The molecule has 0 spiro atoms. The Balaban J connectivity index is 1.46. The Hall–Kier alpha value is -3.64. The molecule has 1 aliphatic carbocycles. The van der Waals surface area contributed by atoms with Gasteiger partial charge in [0.25, 0.3) is 0 Å². The summed E-state index contributed by atoms with van der Waals surface area (Å²) in [6.45, 7) is 1.89. The van der Waals surface area contributed by atoms with E-state index in [0.717, 1.165) is 36.2 Å². The van der Waals surface area contributed by atoms with E-state index in [0.29, 0.717) is 5.56 Å². The summed E-state index contributed by atoms with van der Waals surface area (Å²) in [5.74, 6) is -0.175. The normalized spacial score (nSPS) is 14.8. The minimum Gasteiger partial charge on any atom is -0.367 e. The molecule has 0 N–H and O–H groups in total. The molecule has 0 radical (unpaired) electrons. The number of hydrogen-bond acceptors (Lipinski definition) is 3. The van der Waals surface area contributed by atoms with Crippen molar-refractivity contribution in [2.75, 3.05) is 11.4 Å². The first-order chi connectivity index (χ1) is 13.8. The highest BCUT2D eigenvalue weighted by Gasteiger charge is 2.30. The number of benzene rings is 3. The zero-order valence-electron chi connectivity index (χ0n) is 15.4. The van der Waals surface area contributed by atoms with Crippen LogP contribution in [0, 0.1) is 11.3 Å². The third kappa shape index (κ3) is 2.54. The van der Waals surface area contributed by atoms with Crippen molar-refractivity contribution in [2.45, 2.75) is 13.0 Å². The molecule has 134 valence electrons. The quantitative estimate of drug-likeness (QED) is 0.674. The minimum absolute atomic E-state index is 0.175. The summed E-state index contributed by atoms with van der Waals surface area (Å²) in [6, 6.07) is 26.4. The van der Waals surface area contributed by atoms with Crippen LogP contribution in [0.15, 0.2) is 78.4 Å². The van der Waals surface area contributed by atoms with Gasteiger partial charge >= 0.3 is 0 Å². The lowest BCUT2D eigenvalue weighted by atomic mass is 9.97. The summed E-state index contributed by atoms with van der Waals surface area (Å²) < 4.78 is 0. The van der Waals surface area contributed by atoms with E-state index >= 15 is 0 Å². The van der Waals surface area contributed by atoms with Crippen LogP contribution in [0.4, 0.5) is 5.69 Å². The van der Waals surface area contributed by atoms with E-state index in [1.165, 1.54) is 16.8 Å². The number of nitriles is 1. The van der Waals surface area contributed by atoms with Crippen molar-refractivity contribution in [3.63, 3.8) is 0 Å². The van der Waals surface area contributed by atoms with E-state index in [-0.39, 0.29) is 11.4 Å². The summed E-state index contributed by atoms with van der Waals surface area (Å²) in [5.41, 5.74) is 7.32. The highest BCUT2D eigenvalue weighted by Crippen LogP contribution is 2.37. The van der Waals surface area contributed by atoms with Crippen LogP contribution in [0.2, 0.25) is 0 Å². The zero-order chi connectivity index (χ0) is 19.1. The maximum absolute atomic E-state index is 12.5. The fourth-order valence-corrected chi connectivity index (χ4v) is 4.26. The van der Waals surface area contributed by atoms with Gasteiger partial charge in [0.05, 0.1) is 0 Å². The standard InChI is InChI=1S/C25H18N2O/c26-15-22-24(20-6-2-3-7-21(20)25(22)28)19-11-9-17(10-12-19)16-27-14-13-18-5-1-4-8-23(18)27/h1-12H,13-14,16H2. The van der Waals surface area contributed by atoms with E-state index < -0.39 is 0 Å². The monoisotopic (exact) mass is 362 g/mol. The van der Waals surface area contributed by atoms with Gasteiger partial charge in [0.15, 0.2) is 0 Å². The minimum atomic E-state index is -0.175. The molecule has 0 unspecified atom stereocenters. The Kier molecular flexibility index (Phi) is 3.84. The Bertz CT molecular complexity index is 1170. The second-order valence-corrected chi connectivity index (χ2v) is 7.23. The van der Waals surface area contributed by atoms with E-state index in [4.69, 9.17) is 0 Å². The molecule has 0 saturated heterocycles. The molecule has 0 saturated carbocycles. The molecule has 0 atom stereocenters. The fourth-order valence-electron chi connectivity index (χ4n) is 4.26. The Morgan fingerprint density at radius 1 is 0.893 bits per heavy atom. The molecule has 3 heteroatoms. The molecule has 1 heterocycles. The van der Waals surface area contributed by atoms with Gasteiger partial charge < -0.3 is 4.90 Å². The second-order valence-electron chi connectivity index (χ2n) is 7.23. The topological polar surface area (TPSA) is 44.1 Å². The Morgan fingerprint density at radius 2 is 1.61 bits per heavy atom. The van der Waals surface area contributed by atoms with E-state index in [9.17, 15) is 10.1 Å². The maximum Gasteiger partial charge on any atom is 0.204 e. The summed E-state index contributed by atoms with van der Waals surface area (Å²) in [6.07, 6.45) is 1.09. The number of allylic oxidation sites excluding steroid dienone is 1. The van der Waals surface area contributed by atoms with E-state index in [2.05, 4.69) is 47.4 Å². The van der Waals surface area contributed by atoms with Crippen LogP contribution in [0.3, 0.4) is 0 Å². The van der Waals surface area contributed by atoms with Crippen LogP contribution in [-0.2, 0) is 13.0 Å². The van der Waals surface area contributed by atoms with Crippen molar-refractivity contribution in [1.82, 2.24) is 0 Å². The number of Topliss-reactive ketones (excluding diaryl/α,β-unsaturated/α-hetero) is 1. The Labute approximate surface area is 164 Å². The average molecular weight is 362 g/mol. The maximum atomic E-state index is 12.5. The smallest absolute Gasteiger partial charge is 0.204 e. The van der Waals surface area contributed by atoms with Crippen molar-refractivity contribution >= 4 is 17.0 Å². The number of hydrogen-bond donors (Lipinski definition) is 0. The molecule has 1 aliphatic heterocycles. The Morgan fingerprint density at radius 3 is 2.39 bits per heavy atom. The lowest BCUT2D eigenvalue weighted by molar-refractivity contribution is 0.104. The molecule has 3 aromatic rings. The number of anilines is 1. The summed E-state index contributed by atoms with van der Waals surface area (Å²) in [5, 5.41) is 9.54. The van der Waals surface area contributed by atoms with Crippen molar-refractivity contribution in [2.24, 2.45) is 0 Å². The molecule has 0 bridgehead atoms. The number of carbonyl (C=O) groups excluding carboxylic acids is 1. The van der Waals surface area contributed by atoms with Crippen molar-refractivity contribution in [1.29, 1.82) is 5.26 Å². The molecule has 0 amide bonds. The second kappa shape index (κ2) is 6.51. The van der Waals surface area contributed by atoms with Crippen molar-refractivity contribution in [3.05, 3.63) is 106 Å². The molecule has 28 heavy (non-hydrogen) atoms. The van der Waals surface area contributed by atoms with Gasteiger partial charge in [0, 0.05) is 29.9 Å². The molecule has 5 rings (SSSR count). The van der Waals surface area contributed by atoms with Crippen LogP contribution < -0.4 is 4.90 Å². The van der Waals surface area contributed by atoms with E-state index in [1.807, 2.05) is 30.3 Å². The highest BCUT2D eigenvalue weighted by atomic mass is 16.1. The van der Waals surface area contributed by atoms with Crippen molar-refractivity contribution in [3.8, 4) is 6.07 Å². The lowest BCUT2D eigenvalue weighted by Gasteiger charge is -2.19. The first-order valence-corrected chi connectivity index (χ1v) is 9.47. The van der Waals surface area contributed by atoms with Gasteiger partial charge in [-0.25, -0.2) is 0 Å². The van der Waals surface area contributed by atoms with Gasteiger partial charge in [-0.1, -0.05) is 66.7 Å². The molecular weight excluding hydrogens is 344 g/mol. The third-order valence-electron chi connectivity index (χ3n) is 5.63. The van der Waals surface area contributed by atoms with Gasteiger partial charge in [-0.05, 0) is 34.7 Å². The number of nitrogens with zero attached hydrogens (tertiary/aromatic N) is 2. The SMILES string of the molecule is N#CC1=C(c2ccc(CN3CCc4ccccc43)cc2)c2ccccc2C1=O. The molecule has 3 nitrogen and oxygen atoms in total. The van der Waals surface area contributed by atoms with Crippen LogP contribution >= 0.6 is 0 Å². The summed E-state index contributed by atoms with van der Waals surface area (Å²) in [4.78, 5) is 14.9. The first-order valence-electron chi connectivity index (χ1n) is 9.47. The van der Waals surface area contributed by atoms with Gasteiger partial charge in [-0.3, -0.25) is 4.79 Å². The van der Waals surface area contributed by atoms with Gasteiger partial charge in [0.1, 0.15) is 11.6 Å². The van der Waals surface area contributed by atoms with Crippen molar-refractivity contribution < 1.29 is 4.79 Å². The number of para-hydroxylation sites is 1. The average Bonchev–Trinajstić information content (AvgIpc) is 3.28. The lowest BCUT2D eigenvalue weighted by Crippen LogP contribution is -2.19. The predicted molar refractivity (Wildman–Crippen MR) is 110 cm³/mol. The largest absolute Gasteiger partial charge is 0.367 e. The molecular formula is C25H18N2O. The number of fused-ring (bicyclic) bond motifs is 2.